The highest BCUT2D eigenvalue weighted by Gasteiger charge is 2.32. The molecule has 6 fully saturated rings. The first-order valence-electron chi connectivity index (χ1n) is 24.9. The molecule has 63 heavy (non-hydrogen) atoms. The number of hydrogen-bond acceptors (Lipinski definition) is 11. The molecule has 0 aromatic rings. The fourth-order valence-corrected chi connectivity index (χ4v) is 12.1. The van der Waals surface area contributed by atoms with E-state index >= 15 is 0 Å². The van der Waals surface area contributed by atoms with E-state index in [4.69, 9.17) is 14.2 Å². The molecule has 0 radical (unpaired) electrons. The Morgan fingerprint density at radius 3 is 1.03 bits per heavy atom. The van der Waals surface area contributed by atoms with Crippen LogP contribution in [0, 0.1) is 35.5 Å². The molecule has 0 aliphatic heterocycles. The lowest BCUT2D eigenvalue weighted by Crippen LogP contribution is -2.44. The van der Waals surface area contributed by atoms with Crippen LogP contribution in [0.5, 0.6) is 0 Å². The number of hydrogen-bond donors (Lipinski definition) is 3. The summed E-state index contributed by atoms with van der Waals surface area (Å²) in [6, 6.07) is 0.681. The van der Waals surface area contributed by atoms with Crippen molar-refractivity contribution in [2.24, 2.45) is 50.5 Å². The van der Waals surface area contributed by atoms with Crippen LogP contribution in [-0.4, -0.2) is 91.9 Å². The van der Waals surface area contributed by atoms with Gasteiger partial charge in [0.05, 0.1) is 18.1 Å². The summed E-state index contributed by atoms with van der Waals surface area (Å²) in [4.78, 5) is 72.8. The van der Waals surface area contributed by atoms with E-state index in [0.29, 0.717) is 35.6 Å². The quantitative estimate of drug-likeness (QED) is 0.0732. The summed E-state index contributed by atoms with van der Waals surface area (Å²) in [5.41, 5.74) is 0. The van der Waals surface area contributed by atoms with E-state index in [1.807, 2.05) is 0 Å². The highest BCUT2D eigenvalue weighted by atomic mass is 16.6. The van der Waals surface area contributed by atoms with E-state index < -0.39 is 24.4 Å². The zero-order valence-corrected chi connectivity index (χ0v) is 37.8. The van der Waals surface area contributed by atoms with Gasteiger partial charge in [0.1, 0.15) is 13.2 Å². The van der Waals surface area contributed by atoms with Gasteiger partial charge in [0.15, 0.2) is 6.10 Å². The van der Waals surface area contributed by atoms with Crippen LogP contribution < -0.4 is 16.0 Å². The van der Waals surface area contributed by atoms with Crippen molar-refractivity contribution in [2.45, 2.75) is 216 Å². The van der Waals surface area contributed by atoms with Crippen LogP contribution in [0.1, 0.15) is 173 Å². The SMILES string of the molecule is C=C=NC1CCC(CC2CCC(NC(=O)OCC(COC(=O)NC3CCC(CC4CCC(N=C=O)CC4)CC3)OC(=O)NC3CCC(CC4CCC(N=C=O)CC4)CC3)CC2)CC1. The minimum absolute atomic E-state index is 0.0140. The molecule has 0 aromatic carbocycles. The summed E-state index contributed by atoms with van der Waals surface area (Å²) in [6.45, 7) is 3.16. The number of isocyanates is 2. The molecule has 6 saturated carbocycles. The summed E-state index contributed by atoms with van der Waals surface area (Å²) in [7, 11) is 0. The average Bonchev–Trinajstić information content (AvgIpc) is 3.29. The van der Waals surface area contributed by atoms with Gasteiger partial charge in [-0.1, -0.05) is 0 Å². The van der Waals surface area contributed by atoms with Crippen molar-refractivity contribution in [3.05, 3.63) is 6.58 Å². The van der Waals surface area contributed by atoms with Crippen LogP contribution in [0.3, 0.4) is 0 Å². The van der Waals surface area contributed by atoms with Gasteiger partial charge in [-0.25, -0.2) is 38.9 Å². The minimum atomic E-state index is -0.970. The van der Waals surface area contributed by atoms with Crippen LogP contribution >= 0.6 is 0 Å². The zero-order valence-electron chi connectivity index (χ0n) is 37.8. The second-order valence-electron chi connectivity index (χ2n) is 20.3. The maximum Gasteiger partial charge on any atom is 0.407 e. The van der Waals surface area contributed by atoms with Crippen LogP contribution in [0.25, 0.3) is 0 Å². The third-order valence-corrected chi connectivity index (χ3v) is 15.8. The largest absolute Gasteiger partial charge is 0.445 e. The molecule has 350 valence electrons. The predicted molar refractivity (Wildman–Crippen MR) is 240 cm³/mol. The lowest BCUT2D eigenvalue weighted by Gasteiger charge is -2.33. The van der Waals surface area contributed by atoms with Crippen molar-refractivity contribution in [1.29, 1.82) is 0 Å². The van der Waals surface area contributed by atoms with Gasteiger partial charge in [0.25, 0.3) is 0 Å². The van der Waals surface area contributed by atoms with Crippen molar-refractivity contribution in [3.8, 4) is 0 Å². The second kappa shape index (κ2) is 26.1. The molecular weight excluding hydrogens is 801 g/mol. The number of amides is 3. The number of nitrogens with zero attached hydrogens (tertiary/aromatic N) is 3. The molecule has 1 atom stereocenters. The molecule has 0 bridgehead atoms. The van der Waals surface area contributed by atoms with Gasteiger partial charge in [-0.3, -0.25) is 0 Å². The van der Waals surface area contributed by atoms with E-state index in [0.717, 1.165) is 147 Å². The van der Waals surface area contributed by atoms with Gasteiger partial charge in [-0.15, -0.1) is 0 Å². The molecule has 14 heteroatoms. The Kier molecular flexibility index (Phi) is 20.1. The molecule has 0 saturated heterocycles. The number of aliphatic imine (C=N–C) groups is 3. The van der Waals surface area contributed by atoms with Crippen molar-refractivity contribution in [1.82, 2.24) is 16.0 Å². The maximum absolute atomic E-state index is 13.3. The number of carbonyl (C=O) groups is 3. The van der Waals surface area contributed by atoms with Crippen LogP contribution in [-0.2, 0) is 23.8 Å². The van der Waals surface area contributed by atoms with Gasteiger partial charge in [-0.05, 0) is 221 Å². The molecule has 6 aliphatic carbocycles. The highest BCUT2D eigenvalue weighted by Crippen LogP contribution is 2.39. The third kappa shape index (κ3) is 17.2. The average molecular weight is 877 g/mol. The summed E-state index contributed by atoms with van der Waals surface area (Å²) >= 11 is 0. The Morgan fingerprint density at radius 1 is 0.444 bits per heavy atom. The summed E-state index contributed by atoms with van der Waals surface area (Å²) in [5.74, 6) is 6.70. The van der Waals surface area contributed by atoms with E-state index in [2.05, 4.69) is 43.4 Å². The Morgan fingerprint density at radius 2 is 0.730 bits per heavy atom. The molecule has 0 aromatic heterocycles. The molecule has 3 N–H and O–H groups in total. The summed E-state index contributed by atoms with van der Waals surface area (Å²) in [6.07, 6.45) is 28.8. The van der Waals surface area contributed by atoms with Gasteiger partial charge in [-0.2, -0.15) is 0 Å². The second-order valence-corrected chi connectivity index (χ2v) is 20.3. The number of alkyl carbamates (subject to hydrolysis) is 3. The monoisotopic (exact) mass is 877 g/mol. The predicted octanol–water partition coefficient (Wildman–Crippen LogP) is 9.58. The normalized spacial score (nSPS) is 33.9. The van der Waals surface area contributed by atoms with Gasteiger partial charge in [0.2, 0.25) is 12.2 Å². The van der Waals surface area contributed by atoms with Crippen LogP contribution in [0.15, 0.2) is 21.6 Å². The molecule has 0 spiro atoms. The molecule has 3 amide bonds. The molecule has 1 unspecified atom stereocenters. The van der Waals surface area contributed by atoms with E-state index in [9.17, 15) is 24.0 Å². The van der Waals surface area contributed by atoms with Gasteiger partial charge in [0, 0.05) is 18.1 Å². The Balaban J connectivity index is 0.908. The third-order valence-electron chi connectivity index (χ3n) is 15.8. The maximum atomic E-state index is 13.3. The van der Waals surface area contributed by atoms with Gasteiger partial charge < -0.3 is 30.2 Å². The van der Waals surface area contributed by atoms with Gasteiger partial charge >= 0.3 is 18.3 Å². The Bertz CT molecular complexity index is 1480. The lowest BCUT2D eigenvalue weighted by atomic mass is 9.76. The first-order chi connectivity index (χ1) is 30.7. The molecule has 0 heterocycles. The number of rotatable bonds is 17. The molecule has 6 aliphatic rings. The smallest absolute Gasteiger partial charge is 0.407 e. The first kappa shape index (κ1) is 48.5. The van der Waals surface area contributed by atoms with E-state index in [1.54, 1.807) is 12.2 Å². The summed E-state index contributed by atoms with van der Waals surface area (Å²) < 4.78 is 17.0. The fraction of sp³-hybridized carbons (Fsp3) is 0.857. The van der Waals surface area contributed by atoms with Crippen LogP contribution in [0.4, 0.5) is 14.4 Å². The minimum Gasteiger partial charge on any atom is -0.445 e. The summed E-state index contributed by atoms with van der Waals surface area (Å²) in [5, 5.41) is 9.08. The topological polar surface area (TPSA) is 186 Å². The van der Waals surface area contributed by atoms with Crippen molar-refractivity contribution < 1.29 is 38.2 Å². The highest BCUT2D eigenvalue weighted by molar-refractivity contribution is 5.69. The first-order valence-corrected chi connectivity index (χ1v) is 24.9. The number of nitrogens with one attached hydrogen (secondary N) is 3. The Hall–Kier alpha value is -3.98. The zero-order chi connectivity index (χ0) is 44.2. The number of ether oxygens (including phenoxy) is 3. The molecule has 6 rings (SSSR count). The lowest BCUT2D eigenvalue weighted by molar-refractivity contribution is 0.00409. The fourth-order valence-electron chi connectivity index (χ4n) is 12.1. The standard InChI is InChI=1S/C49H76N6O8/c1-2-50-40-15-3-34(4-16-40)27-37-9-21-43(22-10-37)53-47(58)61-30-46(63-49(60)55-45-25-13-39(14-26-45)29-36-7-19-42(20-8-36)52-33-57)31-62-48(59)54-44-23-11-38(12-24-44)28-35-5-17-41(18-6-35)51-32-56/h34-46H,1,3-31H2,(H,53,58)(H,54,59)(H,55,60). The van der Waals surface area contributed by atoms with Crippen LogP contribution in [0.2, 0.25) is 0 Å². The van der Waals surface area contributed by atoms with E-state index in [1.165, 1.54) is 32.1 Å². The van der Waals surface area contributed by atoms with Crippen molar-refractivity contribution in [2.75, 3.05) is 13.2 Å². The molecular formula is C49H76N6O8. The number of carbonyl (C=O) groups excluding carboxylic acids is 5. The molecule has 14 nitrogen and oxygen atoms in total. The Labute approximate surface area is 375 Å². The van der Waals surface area contributed by atoms with E-state index in [-0.39, 0.29) is 43.4 Å². The van der Waals surface area contributed by atoms with Crippen molar-refractivity contribution in [3.63, 3.8) is 0 Å². The van der Waals surface area contributed by atoms with Crippen molar-refractivity contribution >= 4 is 36.3 Å².